The van der Waals surface area contributed by atoms with Crippen LogP contribution in [0.25, 0.3) is 0 Å². The Bertz CT molecular complexity index is 483. The normalized spacial score (nSPS) is 26.9. The molecule has 2 saturated heterocycles. The van der Waals surface area contributed by atoms with E-state index in [9.17, 15) is 4.79 Å². The molecule has 2 heteroatoms. The lowest BCUT2D eigenvalue weighted by Crippen LogP contribution is -2.52. The molecule has 3 aliphatic rings. The molecule has 0 amide bonds. The van der Waals surface area contributed by atoms with Gasteiger partial charge in [-0.2, -0.15) is 0 Å². The van der Waals surface area contributed by atoms with Gasteiger partial charge in [-0.1, -0.05) is 32.9 Å². The smallest absolute Gasteiger partial charge is 0.139 e. The molecule has 4 rings (SSSR count). The van der Waals surface area contributed by atoms with E-state index in [1.807, 2.05) is 0 Å². The Hall–Kier alpha value is -1.31. The number of hydrogen-bond donors (Lipinski definition) is 0. The first-order chi connectivity index (χ1) is 8.95. The highest BCUT2D eigenvalue weighted by atomic mass is 16.1. The molecule has 2 heterocycles. The van der Waals surface area contributed by atoms with Gasteiger partial charge in [-0.15, -0.1) is 0 Å². The van der Waals surface area contributed by atoms with Gasteiger partial charge in [-0.05, 0) is 36.0 Å². The number of carbonyl (C=O) groups excluding carboxylic acids is 1. The Balaban J connectivity index is 1.82. The zero-order chi connectivity index (χ0) is 13.6. The van der Waals surface area contributed by atoms with Crippen molar-refractivity contribution in [3.63, 3.8) is 0 Å². The van der Waals surface area contributed by atoms with Crippen LogP contribution in [-0.2, 0) is 10.2 Å². The lowest BCUT2D eigenvalue weighted by atomic mass is 9.78. The molecule has 0 radical (unpaired) electrons. The van der Waals surface area contributed by atoms with Gasteiger partial charge in [0.25, 0.3) is 0 Å². The molecule has 0 aromatic heterocycles. The van der Waals surface area contributed by atoms with Crippen molar-refractivity contribution in [3.05, 3.63) is 29.8 Å². The van der Waals surface area contributed by atoms with Crippen LogP contribution in [0, 0.1) is 5.92 Å². The van der Waals surface area contributed by atoms with Crippen LogP contribution in [0.5, 0.6) is 0 Å². The molecule has 102 valence electrons. The zero-order valence-corrected chi connectivity index (χ0v) is 12.1. The second-order valence-corrected chi connectivity index (χ2v) is 7.05. The van der Waals surface area contributed by atoms with E-state index in [-0.39, 0.29) is 11.3 Å². The minimum Gasteiger partial charge on any atom is -0.367 e. The first-order valence-electron chi connectivity index (χ1n) is 7.35. The Kier molecular flexibility index (Phi) is 2.92. The average molecular weight is 257 g/mol. The summed E-state index contributed by atoms with van der Waals surface area (Å²) in [6.07, 6.45) is 3.03. The monoisotopic (exact) mass is 257 g/mol. The Labute approximate surface area is 115 Å². The highest BCUT2D eigenvalue weighted by Gasteiger charge is 2.39. The average Bonchev–Trinajstić information content (AvgIpc) is 2.38. The minimum atomic E-state index is 0.204. The summed E-state index contributed by atoms with van der Waals surface area (Å²) in [6, 6.07) is 9.37. The molecular formula is C17H23NO. The molecule has 3 fully saturated rings. The van der Waals surface area contributed by atoms with Crippen LogP contribution in [0.4, 0.5) is 5.69 Å². The van der Waals surface area contributed by atoms with E-state index < -0.39 is 0 Å². The van der Waals surface area contributed by atoms with Crippen molar-refractivity contribution < 1.29 is 4.79 Å². The summed E-state index contributed by atoms with van der Waals surface area (Å²) < 4.78 is 0. The van der Waals surface area contributed by atoms with Crippen LogP contribution in [0.1, 0.15) is 45.6 Å². The number of nitrogens with zero attached hydrogens (tertiary/aromatic N) is 1. The van der Waals surface area contributed by atoms with E-state index in [2.05, 4.69) is 49.9 Å². The number of piperidine rings is 2. The maximum atomic E-state index is 11.8. The molecule has 2 bridgehead atoms. The number of rotatable bonds is 1. The van der Waals surface area contributed by atoms with Gasteiger partial charge in [0.1, 0.15) is 5.78 Å². The van der Waals surface area contributed by atoms with Gasteiger partial charge >= 0.3 is 0 Å². The standard InChI is InChI=1S/C17H23NO/c1-17(2,3)13-5-8-14(9-6-13)18-11-12-4-7-15(18)10-16(12)19/h5-6,8-9,12,15H,4,7,10-11H2,1-3H3. The number of hydrogen-bond acceptors (Lipinski definition) is 2. The topological polar surface area (TPSA) is 20.3 Å². The lowest BCUT2D eigenvalue weighted by Gasteiger charge is -2.45. The first-order valence-corrected chi connectivity index (χ1v) is 7.35. The minimum absolute atomic E-state index is 0.204. The zero-order valence-electron chi connectivity index (χ0n) is 12.1. The summed E-state index contributed by atoms with van der Waals surface area (Å²) in [5, 5.41) is 0. The van der Waals surface area contributed by atoms with Gasteiger partial charge in [-0.25, -0.2) is 0 Å². The van der Waals surface area contributed by atoms with Crippen LogP contribution in [0.2, 0.25) is 0 Å². The van der Waals surface area contributed by atoms with Crippen LogP contribution >= 0.6 is 0 Å². The molecule has 2 atom stereocenters. The summed E-state index contributed by atoms with van der Waals surface area (Å²) >= 11 is 0. The fourth-order valence-corrected chi connectivity index (χ4v) is 3.37. The Morgan fingerprint density at radius 1 is 1.11 bits per heavy atom. The molecule has 2 unspecified atom stereocenters. The third kappa shape index (κ3) is 2.29. The van der Waals surface area contributed by atoms with Crippen molar-refractivity contribution in [3.8, 4) is 0 Å². The van der Waals surface area contributed by atoms with Crippen LogP contribution in [0.15, 0.2) is 24.3 Å². The number of carbonyl (C=O) groups is 1. The van der Waals surface area contributed by atoms with Gasteiger partial charge in [0, 0.05) is 30.6 Å². The van der Waals surface area contributed by atoms with Crippen molar-refractivity contribution >= 4 is 11.5 Å². The van der Waals surface area contributed by atoms with E-state index >= 15 is 0 Å². The molecule has 2 nitrogen and oxygen atoms in total. The molecule has 1 aromatic rings. The fourth-order valence-electron chi connectivity index (χ4n) is 3.37. The predicted molar refractivity (Wildman–Crippen MR) is 78.6 cm³/mol. The maximum absolute atomic E-state index is 11.8. The number of anilines is 1. The Morgan fingerprint density at radius 3 is 2.26 bits per heavy atom. The summed E-state index contributed by atoms with van der Waals surface area (Å²) in [6.45, 7) is 7.65. The molecule has 1 aliphatic carbocycles. The lowest BCUT2D eigenvalue weighted by molar-refractivity contribution is -0.126. The molecule has 0 spiro atoms. The van der Waals surface area contributed by atoms with Crippen LogP contribution in [-0.4, -0.2) is 18.4 Å². The summed E-state index contributed by atoms with van der Waals surface area (Å²) in [7, 11) is 0. The molecular weight excluding hydrogens is 234 g/mol. The number of Topliss-reactive ketones (excluding diaryl/α,β-unsaturated/α-hetero) is 1. The van der Waals surface area contributed by atoms with Crippen molar-refractivity contribution in [2.24, 2.45) is 5.92 Å². The SMILES string of the molecule is CC(C)(C)c1ccc(N2CC3CCC2CC3=O)cc1. The quantitative estimate of drug-likeness (QED) is 0.767. The van der Waals surface area contributed by atoms with Gasteiger partial charge in [-0.3, -0.25) is 4.79 Å². The van der Waals surface area contributed by atoms with Gasteiger partial charge in [0.05, 0.1) is 0 Å². The Morgan fingerprint density at radius 2 is 1.79 bits per heavy atom. The highest BCUT2D eigenvalue weighted by Crippen LogP contribution is 2.36. The van der Waals surface area contributed by atoms with Crippen molar-refractivity contribution in [1.29, 1.82) is 0 Å². The summed E-state index contributed by atoms with van der Waals surface area (Å²) in [4.78, 5) is 14.2. The molecule has 2 aliphatic heterocycles. The fraction of sp³-hybridized carbons (Fsp3) is 0.588. The molecule has 1 saturated carbocycles. The second kappa shape index (κ2) is 4.36. The van der Waals surface area contributed by atoms with Crippen molar-refractivity contribution in [2.45, 2.75) is 51.5 Å². The largest absolute Gasteiger partial charge is 0.367 e. The second-order valence-electron chi connectivity index (χ2n) is 7.05. The number of ketones is 1. The van der Waals surface area contributed by atoms with Gasteiger partial charge in [0.15, 0.2) is 0 Å². The van der Waals surface area contributed by atoms with Gasteiger partial charge < -0.3 is 4.90 Å². The summed E-state index contributed by atoms with van der Waals surface area (Å²) in [5.41, 5.74) is 2.86. The molecule has 1 aromatic carbocycles. The van der Waals surface area contributed by atoms with E-state index in [0.29, 0.717) is 11.8 Å². The first kappa shape index (κ1) is 12.7. The third-order valence-electron chi connectivity index (χ3n) is 4.66. The summed E-state index contributed by atoms with van der Waals surface area (Å²) in [5.74, 6) is 0.770. The number of fused-ring (bicyclic) bond motifs is 3. The molecule has 19 heavy (non-hydrogen) atoms. The van der Waals surface area contributed by atoms with Crippen molar-refractivity contribution in [2.75, 3.05) is 11.4 Å². The predicted octanol–water partition coefficient (Wildman–Crippen LogP) is 3.54. The van der Waals surface area contributed by atoms with Gasteiger partial charge in [0.2, 0.25) is 0 Å². The van der Waals surface area contributed by atoms with Crippen molar-refractivity contribution in [1.82, 2.24) is 0 Å². The van der Waals surface area contributed by atoms with E-state index in [1.165, 1.54) is 17.7 Å². The molecule has 0 N–H and O–H groups in total. The highest BCUT2D eigenvalue weighted by molar-refractivity contribution is 5.85. The number of benzene rings is 1. The third-order valence-corrected chi connectivity index (χ3v) is 4.66. The van der Waals surface area contributed by atoms with Crippen LogP contribution in [0.3, 0.4) is 0 Å². The van der Waals surface area contributed by atoms with E-state index in [1.54, 1.807) is 0 Å². The van der Waals surface area contributed by atoms with E-state index in [0.717, 1.165) is 19.4 Å². The van der Waals surface area contributed by atoms with E-state index in [4.69, 9.17) is 0 Å². The van der Waals surface area contributed by atoms with Crippen LogP contribution < -0.4 is 4.90 Å². The maximum Gasteiger partial charge on any atom is 0.139 e.